The van der Waals surface area contributed by atoms with E-state index in [2.05, 4.69) is 44.6 Å². The number of nitrogens with one attached hydrogen (secondary N) is 2. The van der Waals surface area contributed by atoms with Gasteiger partial charge in [0.1, 0.15) is 5.52 Å². The van der Waals surface area contributed by atoms with E-state index in [1.165, 1.54) is 0 Å². The van der Waals surface area contributed by atoms with Crippen LogP contribution in [0.1, 0.15) is 62.4 Å². The van der Waals surface area contributed by atoms with Gasteiger partial charge in [0, 0.05) is 49.9 Å². The predicted molar refractivity (Wildman–Crippen MR) is 164 cm³/mol. The second-order valence-corrected chi connectivity index (χ2v) is 11.6. The molecule has 0 unspecified atom stereocenters. The molecule has 0 aromatic carbocycles. The highest BCUT2D eigenvalue weighted by Gasteiger charge is 2.27. The number of pyridine rings is 2. The number of piperidine rings is 1. The summed E-state index contributed by atoms with van der Waals surface area (Å²) in [6.45, 7) is 6.50. The third-order valence-electron chi connectivity index (χ3n) is 8.02. The van der Waals surface area contributed by atoms with E-state index in [4.69, 9.17) is 10.7 Å². The summed E-state index contributed by atoms with van der Waals surface area (Å²) in [5.74, 6) is 0.412. The lowest BCUT2D eigenvalue weighted by atomic mass is 9.94. The zero-order valence-corrected chi connectivity index (χ0v) is 24.8. The minimum absolute atomic E-state index is 0.0215. The maximum Gasteiger partial charge on any atom is 0.254 e. The fourth-order valence-corrected chi connectivity index (χ4v) is 5.49. The fourth-order valence-electron chi connectivity index (χ4n) is 5.49. The number of hydrogen-bond donors (Lipinski definition) is 3. The van der Waals surface area contributed by atoms with Crippen LogP contribution in [0.4, 0.5) is 11.8 Å². The van der Waals surface area contributed by atoms with E-state index in [-0.39, 0.29) is 23.5 Å². The Morgan fingerprint density at radius 2 is 1.93 bits per heavy atom. The number of nitrogen functional groups attached to an aromatic ring is 1. The van der Waals surface area contributed by atoms with Crippen molar-refractivity contribution in [1.82, 2.24) is 39.5 Å². The molecule has 0 spiro atoms. The maximum absolute atomic E-state index is 13.0. The molecule has 5 rings (SSSR count). The monoisotopic (exact) mass is 572 g/mol. The molecule has 4 aromatic rings. The largest absolute Gasteiger partial charge is 0.368 e. The number of fused-ring (bicyclic) bond motifs is 1. The fraction of sp³-hybridized carbons (Fsp3) is 0.467. The molecule has 5 heterocycles. The summed E-state index contributed by atoms with van der Waals surface area (Å²) in [4.78, 5) is 41.7. The molecule has 4 aromatic heterocycles. The Kier molecular flexibility index (Phi) is 8.53. The van der Waals surface area contributed by atoms with Crippen molar-refractivity contribution < 1.29 is 4.79 Å². The Hall–Kier alpha value is -4.32. The van der Waals surface area contributed by atoms with Gasteiger partial charge in [-0.25, -0.2) is 4.98 Å². The number of aryl methyl sites for hydroxylation is 1. The molecule has 42 heavy (non-hydrogen) atoms. The van der Waals surface area contributed by atoms with Crippen molar-refractivity contribution in [2.45, 2.75) is 57.5 Å². The van der Waals surface area contributed by atoms with Gasteiger partial charge in [0.25, 0.3) is 11.5 Å². The quantitative estimate of drug-likeness (QED) is 0.260. The molecule has 0 bridgehead atoms. The van der Waals surface area contributed by atoms with Crippen LogP contribution in [0.5, 0.6) is 0 Å². The Labute approximate surface area is 245 Å². The van der Waals surface area contributed by atoms with Gasteiger partial charge in [-0.1, -0.05) is 19.8 Å². The third kappa shape index (κ3) is 6.59. The molecule has 4 N–H and O–H groups in total. The highest BCUT2D eigenvalue weighted by atomic mass is 16.1. The first-order valence-electron chi connectivity index (χ1n) is 14.5. The van der Waals surface area contributed by atoms with Crippen molar-refractivity contribution in [2.24, 2.45) is 7.05 Å². The van der Waals surface area contributed by atoms with Gasteiger partial charge >= 0.3 is 0 Å². The Morgan fingerprint density at radius 1 is 1.14 bits per heavy atom. The molecule has 1 aliphatic heterocycles. The number of aromatic nitrogens is 6. The second kappa shape index (κ2) is 12.3. The average Bonchev–Trinajstić information content (AvgIpc) is 3.41. The van der Waals surface area contributed by atoms with Crippen LogP contribution in [0, 0.1) is 0 Å². The van der Waals surface area contributed by atoms with Gasteiger partial charge in [-0.2, -0.15) is 10.1 Å². The van der Waals surface area contributed by atoms with E-state index in [0.717, 1.165) is 56.3 Å². The standard InChI is InChI=1S/C30H40N10O2/c1-5-6-10-30(2,19-33-28(42)22-17-34-39(4)18-22)37-27-26-24(35-29(31)36-27)14-21(16-32-26)20-7-13-40(25(41)15-20)23-8-11-38(3)12-9-23/h7,13-18,23H,5-6,8-12,19H2,1-4H3,(H,33,42)(H3,31,35,36,37)/t30-/m1/s1. The van der Waals surface area contributed by atoms with Crippen molar-refractivity contribution >= 4 is 28.7 Å². The molecular formula is C30H40N10O2. The van der Waals surface area contributed by atoms with Crippen LogP contribution in [0.15, 0.2) is 47.8 Å². The molecule has 0 saturated carbocycles. The Bertz CT molecular complexity index is 1620. The van der Waals surface area contributed by atoms with Gasteiger partial charge in [0.05, 0.1) is 22.8 Å². The van der Waals surface area contributed by atoms with Crippen molar-refractivity contribution in [3.8, 4) is 11.1 Å². The smallest absolute Gasteiger partial charge is 0.254 e. The lowest BCUT2D eigenvalue weighted by Gasteiger charge is -2.32. The van der Waals surface area contributed by atoms with Gasteiger partial charge in [-0.15, -0.1) is 0 Å². The molecule has 1 fully saturated rings. The number of hydrogen-bond acceptors (Lipinski definition) is 9. The lowest BCUT2D eigenvalue weighted by molar-refractivity contribution is 0.0945. The van der Waals surface area contributed by atoms with Crippen molar-refractivity contribution in [1.29, 1.82) is 0 Å². The molecule has 1 amide bonds. The minimum atomic E-state index is -0.527. The van der Waals surface area contributed by atoms with Crippen molar-refractivity contribution in [3.05, 3.63) is 58.9 Å². The van der Waals surface area contributed by atoms with Crippen LogP contribution in [-0.4, -0.2) is 72.3 Å². The number of likely N-dealkylation sites (tertiary alicyclic amines) is 1. The summed E-state index contributed by atoms with van der Waals surface area (Å²) in [5.41, 5.74) is 8.78. The number of nitrogens with zero attached hydrogens (tertiary/aromatic N) is 7. The molecule has 1 saturated heterocycles. The summed E-state index contributed by atoms with van der Waals surface area (Å²) in [7, 11) is 3.89. The molecule has 1 atom stereocenters. The number of anilines is 2. The molecular weight excluding hydrogens is 532 g/mol. The number of carbonyl (C=O) groups is 1. The Balaban J connectivity index is 1.39. The first-order valence-corrected chi connectivity index (χ1v) is 14.5. The van der Waals surface area contributed by atoms with Crippen LogP contribution in [0.25, 0.3) is 22.2 Å². The van der Waals surface area contributed by atoms with Gasteiger partial charge in [-0.3, -0.25) is 19.3 Å². The first-order chi connectivity index (χ1) is 20.1. The van der Waals surface area contributed by atoms with Crippen LogP contribution in [-0.2, 0) is 7.05 Å². The normalized spacial score (nSPS) is 15.9. The topological polar surface area (TPSA) is 149 Å². The molecule has 12 heteroatoms. The lowest BCUT2D eigenvalue weighted by Crippen LogP contribution is -2.46. The zero-order chi connectivity index (χ0) is 29.9. The van der Waals surface area contributed by atoms with E-state index >= 15 is 0 Å². The van der Waals surface area contributed by atoms with Crippen LogP contribution < -0.4 is 21.9 Å². The van der Waals surface area contributed by atoms with E-state index in [0.29, 0.717) is 29.0 Å². The molecule has 12 nitrogen and oxygen atoms in total. The number of rotatable bonds is 10. The summed E-state index contributed by atoms with van der Waals surface area (Å²) < 4.78 is 3.44. The first kappa shape index (κ1) is 29.2. The summed E-state index contributed by atoms with van der Waals surface area (Å²) in [6.07, 6.45) is 11.5. The summed E-state index contributed by atoms with van der Waals surface area (Å²) in [6, 6.07) is 5.72. The van der Waals surface area contributed by atoms with Crippen molar-refractivity contribution in [2.75, 3.05) is 37.7 Å². The minimum Gasteiger partial charge on any atom is -0.368 e. The average molecular weight is 573 g/mol. The molecule has 1 aliphatic rings. The maximum atomic E-state index is 13.0. The zero-order valence-electron chi connectivity index (χ0n) is 24.8. The van der Waals surface area contributed by atoms with Gasteiger partial charge < -0.3 is 25.8 Å². The predicted octanol–water partition coefficient (Wildman–Crippen LogP) is 3.23. The van der Waals surface area contributed by atoms with E-state index in [1.807, 2.05) is 29.8 Å². The number of unbranched alkanes of at least 4 members (excludes halogenated alkanes) is 1. The van der Waals surface area contributed by atoms with E-state index in [1.54, 1.807) is 36.4 Å². The molecule has 222 valence electrons. The van der Waals surface area contributed by atoms with E-state index < -0.39 is 5.54 Å². The highest BCUT2D eigenvalue weighted by molar-refractivity contribution is 5.94. The SMILES string of the molecule is CCCC[C@](C)(CNC(=O)c1cnn(C)c1)Nc1nc(N)nc2cc(-c3ccn(C4CCN(C)CC4)c(=O)c3)cnc12. The molecule has 0 aliphatic carbocycles. The Morgan fingerprint density at radius 3 is 2.62 bits per heavy atom. The second-order valence-electron chi connectivity index (χ2n) is 11.6. The van der Waals surface area contributed by atoms with E-state index in [9.17, 15) is 9.59 Å². The third-order valence-corrected chi connectivity index (χ3v) is 8.02. The van der Waals surface area contributed by atoms with Gasteiger partial charge in [0.15, 0.2) is 5.82 Å². The number of amides is 1. The molecule has 0 radical (unpaired) electrons. The van der Waals surface area contributed by atoms with Crippen LogP contribution in [0.2, 0.25) is 0 Å². The highest BCUT2D eigenvalue weighted by Crippen LogP contribution is 2.29. The van der Waals surface area contributed by atoms with Crippen LogP contribution in [0.3, 0.4) is 0 Å². The number of nitrogens with two attached hydrogens (primary N) is 1. The van der Waals surface area contributed by atoms with Gasteiger partial charge in [-0.05, 0) is 64.0 Å². The summed E-state index contributed by atoms with van der Waals surface area (Å²) >= 11 is 0. The number of carbonyl (C=O) groups excluding carboxylic acids is 1. The van der Waals surface area contributed by atoms with Gasteiger partial charge in [0.2, 0.25) is 5.95 Å². The van der Waals surface area contributed by atoms with Crippen molar-refractivity contribution in [3.63, 3.8) is 0 Å². The summed E-state index contributed by atoms with van der Waals surface area (Å²) in [5, 5.41) is 10.6. The van der Waals surface area contributed by atoms with Crippen LogP contribution >= 0.6 is 0 Å².